The first-order chi connectivity index (χ1) is 8.65. The molecule has 1 aromatic carbocycles. The Morgan fingerprint density at radius 1 is 1.39 bits per heavy atom. The molecule has 0 saturated heterocycles. The third-order valence-corrected chi connectivity index (χ3v) is 3.82. The van der Waals surface area contributed by atoms with Gasteiger partial charge in [0.15, 0.2) is 5.82 Å². The molecule has 1 aromatic heterocycles. The van der Waals surface area contributed by atoms with E-state index >= 15 is 0 Å². The molecule has 0 bridgehead atoms. The quantitative estimate of drug-likeness (QED) is 0.885. The molecule has 0 spiro atoms. The Morgan fingerprint density at radius 3 is 2.83 bits per heavy atom. The second kappa shape index (κ2) is 4.35. The number of nitrogens with two attached hydrogens (primary N) is 1. The van der Waals surface area contributed by atoms with Crippen LogP contribution in [0.15, 0.2) is 22.7 Å². The molecule has 1 heterocycles. The lowest BCUT2D eigenvalue weighted by Gasteiger charge is -2.12. The van der Waals surface area contributed by atoms with Crippen LogP contribution in [0, 0.1) is 5.92 Å². The zero-order chi connectivity index (χ0) is 12.7. The van der Waals surface area contributed by atoms with E-state index in [9.17, 15) is 0 Å². The molecular weight excluding hydrogens is 294 g/mol. The molecule has 0 radical (unpaired) electrons. The Hall–Kier alpha value is -1.43. The minimum Gasteiger partial charge on any atom is -0.399 e. The van der Waals surface area contributed by atoms with Gasteiger partial charge in [0.25, 0.3) is 0 Å². The molecule has 0 amide bonds. The fourth-order valence-corrected chi connectivity index (χ4v) is 2.69. The Labute approximate surface area is 113 Å². The molecule has 1 aliphatic rings. The molecule has 18 heavy (non-hydrogen) atoms. The van der Waals surface area contributed by atoms with E-state index in [0.29, 0.717) is 17.6 Å². The molecule has 1 unspecified atom stereocenters. The van der Waals surface area contributed by atoms with Gasteiger partial charge in [0.1, 0.15) is 0 Å². The molecule has 1 atom stereocenters. The second-order valence-electron chi connectivity index (χ2n) is 4.80. The maximum atomic E-state index is 5.86. The van der Waals surface area contributed by atoms with Crippen molar-refractivity contribution in [1.29, 1.82) is 0 Å². The van der Waals surface area contributed by atoms with E-state index in [0.717, 1.165) is 15.9 Å². The largest absolute Gasteiger partial charge is 0.399 e. The van der Waals surface area contributed by atoms with E-state index in [1.165, 1.54) is 12.8 Å². The van der Waals surface area contributed by atoms with Crippen molar-refractivity contribution in [2.45, 2.75) is 25.8 Å². The number of halogens is 1. The molecule has 3 rings (SSSR count). The molecule has 1 fully saturated rings. The van der Waals surface area contributed by atoms with Crippen molar-refractivity contribution < 1.29 is 0 Å². The summed E-state index contributed by atoms with van der Waals surface area (Å²) in [4.78, 5) is 0. The Morgan fingerprint density at radius 2 is 2.17 bits per heavy atom. The highest BCUT2D eigenvalue weighted by Crippen LogP contribution is 2.40. The smallest absolute Gasteiger partial charge is 0.182 e. The zero-order valence-corrected chi connectivity index (χ0v) is 11.6. The van der Waals surface area contributed by atoms with Gasteiger partial charge in [0.2, 0.25) is 0 Å². The average molecular weight is 308 g/mol. The third kappa shape index (κ3) is 2.12. The Bertz CT molecular complexity index is 555. The maximum Gasteiger partial charge on any atom is 0.182 e. The predicted molar refractivity (Wildman–Crippen MR) is 72.8 cm³/mol. The molecule has 5 nitrogen and oxygen atoms in total. The van der Waals surface area contributed by atoms with Gasteiger partial charge in [-0.15, -0.1) is 5.10 Å². The summed E-state index contributed by atoms with van der Waals surface area (Å²) in [7, 11) is 0. The summed E-state index contributed by atoms with van der Waals surface area (Å²) >= 11 is 3.44. The number of hydrogen-bond acceptors (Lipinski definition) is 4. The molecular formula is C12H14BrN5. The highest BCUT2D eigenvalue weighted by Gasteiger charge is 2.31. The Kier molecular flexibility index (Phi) is 2.81. The van der Waals surface area contributed by atoms with Crippen LogP contribution in [0.1, 0.15) is 25.8 Å². The standard InChI is InChI=1S/C12H14BrN5/c1-7(8-2-3-8)18-12(15-16-17-18)9-4-10(13)6-11(14)5-9/h4-8H,2-3,14H2,1H3. The zero-order valence-electron chi connectivity index (χ0n) is 10.0. The third-order valence-electron chi connectivity index (χ3n) is 3.36. The van der Waals surface area contributed by atoms with Crippen molar-refractivity contribution in [3.63, 3.8) is 0 Å². The SMILES string of the molecule is CC(C1CC1)n1nnnc1-c1cc(N)cc(Br)c1. The lowest BCUT2D eigenvalue weighted by atomic mass is 10.1. The van der Waals surface area contributed by atoms with Crippen molar-refractivity contribution in [1.82, 2.24) is 20.2 Å². The normalized spacial score (nSPS) is 16.8. The van der Waals surface area contributed by atoms with Gasteiger partial charge in [-0.1, -0.05) is 15.9 Å². The van der Waals surface area contributed by atoms with Gasteiger partial charge in [0.05, 0.1) is 6.04 Å². The molecule has 0 aliphatic heterocycles. The van der Waals surface area contributed by atoms with Gasteiger partial charge < -0.3 is 5.73 Å². The average Bonchev–Trinajstić information content (AvgIpc) is 3.04. The summed E-state index contributed by atoms with van der Waals surface area (Å²) in [5.41, 5.74) is 7.50. The van der Waals surface area contributed by atoms with Gasteiger partial charge in [-0.25, -0.2) is 4.68 Å². The van der Waals surface area contributed by atoms with E-state index in [2.05, 4.69) is 38.4 Å². The van der Waals surface area contributed by atoms with Crippen molar-refractivity contribution in [2.24, 2.45) is 5.92 Å². The number of rotatable bonds is 3. The monoisotopic (exact) mass is 307 g/mol. The summed E-state index contributed by atoms with van der Waals surface area (Å²) in [6, 6.07) is 6.09. The highest BCUT2D eigenvalue weighted by molar-refractivity contribution is 9.10. The fourth-order valence-electron chi connectivity index (χ4n) is 2.18. The first kappa shape index (κ1) is 11.6. The highest BCUT2D eigenvalue weighted by atomic mass is 79.9. The lowest BCUT2D eigenvalue weighted by molar-refractivity contribution is 0.433. The van der Waals surface area contributed by atoms with Crippen molar-refractivity contribution >= 4 is 21.6 Å². The van der Waals surface area contributed by atoms with Crippen LogP contribution in [0.25, 0.3) is 11.4 Å². The number of tetrazole rings is 1. The molecule has 94 valence electrons. The topological polar surface area (TPSA) is 69.6 Å². The van der Waals surface area contributed by atoms with Crippen LogP contribution in [0.2, 0.25) is 0 Å². The summed E-state index contributed by atoms with van der Waals surface area (Å²) in [6.45, 7) is 2.17. The number of nitrogens with zero attached hydrogens (tertiary/aromatic N) is 4. The van der Waals surface area contributed by atoms with E-state index in [1.54, 1.807) is 0 Å². The van der Waals surface area contributed by atoms with E-state index in [4.69, 9.17) is 5.73 Å². The van der Waals surface area contributed by atoms with Crippen LogP contribution in [0.5, 0.6) is 0 Å². The van der Waals surface area contributed by atoms with E-state index in [-0.39, 0.29) is 0 Å². The van der Waals surface area contributed by atoms with Crippen molar-refractivity contribution in [3.8, 4) is 11.4 Å². The first-order valence-corrected chi connectivity index (χ1v) is 6.79. The molecule has 2 N–H and O–H groups in total. The fraction of sp³-hybridized carbons (Fsp3) is 0.417. The van der Waals surface area contributed by atoms with Crippen LogP contribution >= 0.6 is 15.9 Å². The van der Waals surface area contributed by atoms with Crippen LogP contribution in [0.4, 0.5) is 5.69 Å². The molecule has 1 aliphatic carbocycles. The van der Waals surface area contributed by atoms with Crippen LogP contribution < -0.4 is 5.73 Å². The molecule has 1 saturated carbocycles. The summed E-state index contributed by atoms with van der Waals surface area (Å²) in [6.07, 6.45) is 2.53. The molecule has 6 heteroatoms. The van der Waals surface area contributed by atoms with Crippen molar-refractivity contribution in [2.75, 3.05) is 5.73 Å². The maximum absolute atomic E-state index is 5.86. The minimum atomic E-state index is 0.343. The van der Waals surface area contributed by atoms with Crippen LogP contribution in [-0.2, 0) is 0 Å². The number of hydrogen-bond donors (Lipinski definition) is 1. The van der Waals surface area contributed by atoms with Gasteiger partial charge in [-0.05, 0) is 54.3 Å². The van der Waals surface area contributed by atoms with Gasteiger partial charge in [-0.3, -0.25) is 0 Å². The molecule has 2 aromatic rings. The Balaban J connectivity index is 2.03. The minimum absolute atomic E-state index is 0.343. The van der Waals surface area contributed by atoms with Gasteiger partial charge in [-0.2, -0.15) is 0 Å². The number of benzene rings is 1. The summed E-state index contributed by atoms with van der Waals surface area (Å²) in [5, 5.41) is 12.0. The number of anilines is 1. The summed E-state index contributed by atoms with van der Waals surface area (Å²) in [5.74, 6) is 1.49. The van der Waals surface area contributed by atoms with Gasteiger partial charge in [0, 0.05) is 15.7 Å². The first-order valence-electron chi connectivity index (χ1n) is 5.99. The second-order valence-corrected chi connectivity index (χ2v) is 5.71. The lowest BCUT2D eigenvalue weighted by Crippen LogP contribution is -2.11. The van der Waals surface area contributed by atoms with Crippen molar-refractivity contribution in [3.05, 3.63) is 22.7 Å². The number of aromatic nitrogens is 4. The number of nitrogen functional groups attached to an aromatic ring is 1. The van der Waals surface area contributed by atoms with E-state index < -0.39 is 0 Å². The predicted octanol–water partition coefficient (Wildman–Crippen LogP) is 2.66. The van der Waals surface area contributed by atoms with Crippen LogP contribution in [-0.4, -0.2) is 20.2 Å². The van der Waals surface area contributed by atoms with Gasteiger partial charge >= 0.3 is 0 Å². The summed E-state index contributed by atoms with van der Waals surface area (Å²) < 4.78 is 2.84. The van der Waals surface area contributed by atoms with Crippen LogP contribution in [0.3, 0.4) is 0 Å². The van der Waals surface area contributed by atoms with E-state index in [1.807, 2.05) is 22.9 Å².